The van der Waals surface area contributed by atoms with Crippen molar-refractivity contribution < 1.29 is 13.2 Å². The minimum absolute atomic E-state index is 0.158. The lowest BCUT2D eigenvalue weighted by Gasteiger charge is -2.26. The highest BCUT2D eigenvalue weighted by Gasteiger charge is 2.27. The van der Waals surface area contributed by atoms with Gasteiger partial charge in [0.1, 0.15) is 0 Å². The van der Waals surface area contributed by atoms with Gasteiger partial charge in [0.15, 0.2) is 0 Å². The summed E-state index contributed by atoms with van der Waals surface area (Å²) in [6.07, 6.45) is 2.75. The Hall–Kier alpha value is -2.89. The second kappa shape index (κ2) is 8.64. The van der Waals surface area contributed by atoms with Crippen molar-refractivity contribution in [1.29, 1.82) is 5.26 Å². The van der Waals surface area contributed by atoms with Crippen LogP contribution in [0, 0.1) is 11.3 Å². The lowest BCUT2D eigenvalue weighted by Crippen LogP contribution is -2.35. The van der Waals surface area contributed by atoms with Crippen LogP contribution in [0.5, 0.6) is 0 Å². The zero-order chi connectivity index (χ0) is 21.0. The van der Waals surface area contributed by atoms with Crippen molar-refractivity contribution in [2.24, 2.45) is 0 Å². The van der Waals surface area contributed by atoms with E-state index in [1.54, 1.807) is 35.2 Å². The van der Waals surface area contributed by atoms with E-state index in [2.05, 4.69) is 5.32 Å². The molecule has 0 atom stereocenters. The molecule has 1 aliphatic rings. The molecule has 1 heterocycles. The van der Waals surface area contributed by atoms with Crippen molar-refractivity contribution in [3.63, 3.8) is 0 Å². The van der Waals surface area contributed by atoms with Crippen LogP contribution in [0.3, 0.4) is 0 Å². The van der Waals surface area contributed by atoms with Crippen molar-refractivity contribution in [1.82, 2.24) is 4.31 Å². The number of nitrogens with zero attached hydrogens (tertiary/aromatic N) is 3. The number of anilines is 2. The highest BCUT2D eigenvalue weighted by atomic mass is 32.2. The van der Waals surface area contributed by atoms with E-state index in [1.165, 1.54) is 16.4 Å². The first-order valence-electron chi connectivity index (χ1n) is 9.46. The van der Waals surface area contributed by atoms with Crippen LogP contribution >= 0.6 is 0 Å². The van der Waals surface area contributed by atoms with Gasteiger partial charge in [-0.15, -0.1) is 0 Å². The number of nitriles is 1. The molecule has 0 bridgehead atoms. The summed E-state index contributed by atoms with van der Waals surface area (Å²) < 4.78 is 27.6. The van der Waals surface area contributed by atoms with Gasteiger partial charge < -0.3 is 10.2 Å². The average Bonchev–Trinajstić information content (AvgIpc) is 2.74. The summed E-state index contributed by atoms with van der Waals surface area (Å²) in [5.74, 6) is -0.405. The number of carbonyl (C=O) groups excluding carboxylic acids is 1. The van der Waals surface area contributed by atoms with Gasteiger partial charge in [-0.1, -0.05) is 12.5 Å². The minimum Gasteiger partial charge on any atom is -0.376 e. The van der Waals surface area contributed by atoms with Crippen LogP contribution in [-0.2, 0) is 10.0 Å². The number of carbonyl (C=O) groups is 1. The van der Waals surface area contributed by atoms with Gasteiger partial charge in [-0.3, -0.25) is 4.79 Å². The number of rotatable bonds is 5. The maximum absolute atomic E-state index is 13.0. The molecule has 0 saturated carbocycles. The van der Waals surface area contributed by atoms with Gasteiger partial charge in [0.2, 0.25) is 10.0 Å². The molecule has 0 radical (unpaired) electrons. The average molecular weight is 413 g/mol. The second-order valence-electron chi connectivity index (χ2n) is 7.18. The molecule has 29 heavy (non-hydrogen) atoms. The predicted octanol–water partition coefficient (Wildman–Crippen LogP) is 3.05. The molecule has 1 amide bonds. The number of hydrogen-bond donors (Lipinski definition) is 1. The van der Waals surface area contributed by atoms with Crippen LogP contribution in [0.2, 0.25) is 0 Å². The zero-order valence-corrected chi connectivity index (χ0v) is 17.4. The molecule has 0 aliphatic carbocycles. The summed E-state index contributed by atoms with van der Waals surface area (Å²) in [5, 5.41) is 11.8. The Morgan fingerprint density at radius 3 is 2.48 bits per heavy atom. The van der Waals surface area contributed by atoms with Gasteiger partial charge in [0, 0.05) is 32.7 Å². The molecule has 8 heteroatoms. The summed E-state index contributed by atoms with van der Waals surface area (Å²) in [5.41, 5.74) is 1.80. The molecule has 0 unspecified atom stereocenters. The topological polar surface area (TPSA) is 93.5 Å². The summed E-state index contributed by atoms with van der Waals surface area (Å²) in [6, 6.07) is 13.1. The van der Waals surface area contributed by atoms with Gasteiger partial charge >= 0.3 is 0 Å². The zero-order valence-electron chi connectivity index (χ0n) is 16.6. The smallest absolute Gasteiger partial charge is 0.255 e. The summed E-state index contributed by atoms with van der Waals surface area (Å²) in [6.45, 7) is 1.03. The van der Waals surface area contributed by atoms with Gasteiger partial charge in [0.05, 0.1) is 27.9 Å². The number of benzene rings is 2. The predicted molar refractivity (Wildman–Crippen MR) is 112 cm³/mol. The first kappa shape index (κ1) is 20.8. The number of amides is 1. The molecule has 2 aromatic carbocycles. The second-order valence-corrected chi connectivity index (χ2v) is 9.12. The number of piperidine rings is 1. The van der Waals surface area contributed by atoms with Crippen molar-refractivity contribution >= 4 is 27.3 Å². The molecule has 1 aliphatic heterocycles. The Labute approximate surface area is 171 Å². The van der Waals surface area contributed by atoms with Crippen LogP contribution < -0.4 is 10.2 Å². The highest BCUT2D eigenvalue weighted by molar-refractivity contribution is 7.89. The van der Waals surface area contributed by atoms with Gasteiger partial charge in [-0.25, -0.2) is 8.42 Å². The van der Waals surface area contributed by atoms with Crippen LogP contribution in [0.15, 0.2) is 47.4 Å². The van der Waals surface area contributed by atoms with Crippen molar-refractivity contribution in [3.8, 4) is 6.07 Å². The molecule has 1 fully saturated rings. The quantitative estimate of drug-likeness (QED) is 0.815. The Morgan fingerprint density at radius 2 is 1.83 bits per heavy atom. The van der Waals surface area contributed by atoms with E-state index in [9.17, 15) is 13.2 Å². The summed E-state index contributed by atoms with van der Waals surface area (Å²) >= 11 is 0. The normalized spacial score (nSPS) is 14.8. The van der Waals surface area contributed by atoms with E-state index in [1.807, 2.05) is 20.2 Å². The Bertz CT molecular complexity index is 1050. The van der Waals surface area contributed by atoms with Crippen molar-refractivity contribution in [2.75, 3.05) is 37.4 Å². The fourth-order valence-corrected chi connectivity index (χ4v) is 4.89. The third-order valence-corrected chi connectivity index (χ3v) is 6.80. The number of nitrogens with one attached hydrogen (secondary N) is 1. The van der Waals surface area contributed by atoms with Crippen LogP contribution in [0.1, 0.15) is 35.2 Å². The maximum atomic E-state index is 13.0. The molecule has 0 spiro atoms. The summed E-state index contributed by atoms with van der Waals surface area (Å²) in [4.78, 5) is 14.7. The monoisotopic (exact) mass is 412 g/mol. The van der Waals surface area contributed by atoms with E-state index in [0.29, 0.717) is 35.6 Å². The largest absolute Gasteiger partial charge is 0.376 e. The van der Waals surface area contributed by atoms with E-state index in [0.717, 1.165) is 19.3 Å². The fraction of sp³-hybridized carbons (Fsp3) is 0.333. The molecule has 3 rings (SSSR count). The highest BCUT2D eigenvalue weighted by Crippen LogP contribution is 2.30. The van der Waals surface area contributed by atoms with E-state index >= 15 is 0 Å². The number of hydrogen-bond acceptors (Lipinski definition) is 5. The van der Waals surface area contributed by atoms with Crippen LogP contribution in [0.25, 0.3) is 0 Å². The van der Waals surface area contributed by atoms with Gasteiger partial charge in [-0.2, -0.15) is 9.57 Å². The number of sulfonamides is 1. The molecular formula is C21H24N4O3S. The van der Waals surface area contributed by atoms with Crippen LogP contribution in [0.4, 0.5) is 11.4 Å². The van der Waals surface area contributed by atoms with Crippen LogP contribution in [-0.4, -0.2) is 45.8 Å². The SMILES string of the molecule is CN(C)c1ccc(S(=O)(=O)N2CCCCC2)cc1NC(=O)c1cccc(C#N)c1. The molecule has 1 N–H and O–H groups in total. The van der Waals surface area contributed by atoms with Crippen molar-refractivity contribution in [3.05, 3.63) is 53.6 Å². The van der Waals surface area contributed by atoms with E-state index in [4.69, 9.17) is 5.26 Å². The molecule has 0 aromatic heterocycles. The maximum Gasteiger partial charge on any atom is 0.255 e. The fourth-order valence-electron chi connectivity index (χ4n) is 3.34. The first-order chi connectivity index (χ1) is 13.8. The Morgan fingerprint density at radius 1 is 1.10 bits per heavy atom. The van der Waals surface area contributed by atoms with Gasteiger partial charge in [-0.05, 0) is 49.2 Å². The van der Waals surface area contributed by atoms with Crippen molar-refractivity contribution in [2.45, 2.75) is 24.2 Å². The molecule has 152 valence electrons. The molecular weight excluding hydrogens is 388 g/mol. The molecule has 7 nitrogen and oxygen atoms in total. The first-order valence-corrected chi connectivity index (χ1v) is 10.9. The van der Waals surface area contributed by atoms with E-state index in [-0.39, 0.29) is 4.90 Å². The third-order valence-electron chi connectivity index (χ3n) is 4.90. The standard InChI is InChI=1S/C21H24N4O3S/c1-24(2)20-10-9-18(29(27,28)25-11-4-3-5-12-25)14-19(20)23-21(26)17-8-6-7-16(13-17)15-22/h6-10,13-14H,3-5,11-12H2,1-2H3,(H,23,26). The molecule has 1 saturated heterocycles. The summed E-state index contributed by atoms with van der Waals surface area (Å²) in [7, 11) is 0.0215. The Balaban J connectivity index is 1.95. The van der Waals surface area contributed by atoms with E-state index < -0.39 is 15.9 Å². The lowest BCUT2D eigenvalue weighted by atomic mass is 10.1. The van der Waals surface area contributed by atoms with Gasteiger partial charge in [0.25, 0.3) is 5.91 Å². The minimum atomic E-state index is -3.62. The lowest BCUT2D eigenvalue weighted by molar-refractivity contribution is 0.102. The Kier molecular flexibility index (Phi) is 6.20. The molecule has 2 aromatic rings. The third kappa shape index (κ3) is 4.58.